The standard InChI is InChI=1S/C28H34N4O6/c1-28(2,3)24-8-5-18-12-30(13-20(18)32(24)26(34)35)25-9-6-17(11-29-25)16-4-7-19-22(10-16)37-15-21-23(14-33)38-27(36)31(19)21/h4,6-7,9-11,18,20-21,23-24,33H,5,8,12-15H2,1-3H3,(H,34,35)/t18-,20+,21-,23-,24?/m0/s1. The van der Waals surface area contributed by atoms with Crippen molar-refractivity contribution in [2.45, 2.75) is 57.8 Å². The quantitative estimate of drug-likeness (QED) is 0.625. The van der Waals surface area contributed by atoms with Gasteiger partial charge in [-0.05, 0) is 54.0 Å². The fourth-order valence-corrected chi connectivity index (χ4v) is 6.62. The van der Waals surface area contributed by atoms with Crippen molar-refractivity contribution in [3.63, 3.8) is 0 Å². The van der Waals surface area contributed by atoms with E-state index in [1.807, 2.05) is 36.5 Å². The van der Waals surface area contributed by atoms with E-state index < -0.39 is 18.3 Å². The van der Waals surface area contributed by atoms with Crippen LogP contribution in [0.15, 0.2) is 36.5 Å². The average Bonchev–Trinajstić information content (AvgIpc) is 3.48. The molecule has 202 valence electrons. The zero-order valence-corrected chi connectivity index (χ0v) is 21.9. The van der Waals surface area contributed by atoms with Crippen molar-refractivity contribution in [2.75, 3.05) is 36.1 Å². The van der Waals surface area contributed by atoms with Gasteiger partial charge in [0.15, 0.2) is 6.10 Å². The molecule has 5 atom stereocenters. The Morgan fingerprint density at radius 1 is 1.11 bits per heavy atom. The number of carbonyl (C=O) groups is 2. The molecule has 2 amide bonds. The van der Waals surface area contributed by atoms with Crippen LogP contribution in [-0.4, -0.2) is 82.8 Å². The minimum absolute atomic E-state index is 0.00924. The Bertz CT molecular complexity index is 1240. The number of fused-ring (bicyclic) bond motifs is 4. The van der Waals surface area contributed by atoms with Gasteiger partial charge in [-0.15, -0.1) is 0 Å². The fraction of sp³-hybridized carbons (Fsp3) is 0.536. The van der Waals surface area contributed by atoms with Gasteiger partial charge in [-0.1, -0.05) is 26.8 Å². The predicted molar refractivity (Wildman–Crippen MR) is 141 cm³/mol. The molecule has 2 N–H and O–H groups in total. The van der Waals surface area contributed by atoms with Gasteiger partial charge in [-0.25, -0.2) is 14.6 Å². The highest BCUT2D eigenvalue weighted by Crippen LogP contribution is 2.43. The van der Waals surface area contributed by atoms with Crippen molar-refractivity contribution in [1.29, 1.82) is 0 Å². The number of likely N-dealkylation sites (tertiary alicyclic amines) is 1. The molecular weight excluding hydrogens is 488 g/mol. The Balaban J connectivity index is 1.19. The highest BCUT2D eigenvalue weighted by molar-refractivity contribution is 5.94. The molecule has 5 heterocycles. The summed E-state index contributed by atoms with van der Waals surface area (Å²) in [5.74, 6) is 1.73. The highest BCUT2D eigenvalue weighted by Gasteiger charge is 2.49. The van der Waals surface area contributed by atoms with Gasteiger partial charge < -0.3 is 24.6 Å². The normalized spacial score (nSPS) is 28.4. The Morgan fingerprint density at radius 2 is 1.89 bits per heavy atom. The molecule has 10 heteroatoms. The van der Waals surface area contributed by atoms with E-state index in [1.165, 1.54) is 0 Å². The number of pyridine rings is 1. The SMILES string of the molecule is CC(C)(C)C1CC[C@H]2CN(c3ccc(-c4ccc5c(c4)OC[C@H]4[C@H](CO)OC(=O)N54)cn3)C[C@H]2N1C(=O)O. The lowest BCUT2D eigenvalue weighted by Crippen LogP contribution is -2.57. The van der Waals surface area contributed by atoms with Gasteiger partial charge in [0.25, 0.3) is 0 Å². The third-order valence-electron chi connectivity index (χ3n) is 8.55. The topological polar surface area (TPSA) is 116 Å². The van der Waals surface area contributed by atoms with Crippen LogP contribution in [0.3, 0.4) is 0 Å². The lowest BCUT2D eigenvalue weighted by atomic mass is 9.76. The van der Waals surface area contributed by atoms with Crippen molar-refractivity contribution in [1.82, 2.24) is 9.88 Å². The number of hydrogen-bond donors (Lipinski definition) is 2. The molecule has 0 radical (unpaired) electrons. The molecule has 0 bridgehead atoms. The van der Waals surface area contributed by atoms with Crippen LogP contribution in [0.2, 0.25) is 0 Å². The number of ether oxygens (including phenoxy) is 2. The molecule has 2 aromatic rings. The Kier molecular flexibility index (Phi) is 5.90. The molecule has 4 aliphatic heterocycles. The maximum Gasteiger partial charge on any atom is 0.415 e. The van der Waals surface area contributed by atoms with E-state index in [1.54, 1.807) is 9.80 Å². The molecule has 1 aromatic carbocycles. The summed E-state index contributed by atoms with van der Waals surface area (Å²) in [5.41, 5.74) is 2.35. The summed E-state index contributed by atoms with van der Waals surface area (Å²) in [6.07, 6.45) is 1.82. The smallest absolute Gasteiger partial charge is 0.415 e. The van der Waals surface area contributed by atoms with Crippen LogP contribution in [-0.2, 0) is 4.74 Å². The maximum absolute atomic E-state index is 12.4. The highest BCUT2D eigenvalue weighted by atomic mass is 16.6. The lowest BCUT2D eigenvalue weighted by Gasteiger charge is -2.47. The lowest BCUT2D eigenvalue weighted by molar-refractivity contribution is 0.0149. The minimum atomic E-state index is -0.834. The largest absolute Gasteiger partial charge is 0.489 e. The average molecular weight is 523 g/mol. The number of cyclic esters (lactones) is 1. The first kappa shape index (κ1) is 24.8. The Morgan fingerprint density at radius 3 is 2.58 bits per heavy atom. The van der Waals surface area contributed by atoms with Crippen LogP contribution in [0.1, 0.15) is 33.6 Å². The number of piperidine rings is 1. The van der Waals surface area contributed by atoms with Crippen molar-refractivity contribution in [2.24, 2.45) is 11.3 Å². The predicted octanol–water partition coefficient (Wildman–Crippen LogP) is 3.82. The number of aromatic nitrogens is 1. The summed E-state index contributed by atoms with van der Waals surface area (Å²) in [7, 11) is 0. The van der Waals surface area contributed by atoms with Gasteiger partial charge in [-0.2, -0.15) is 0 Å². The van der Waals surface area contributed by atoms with Crippen molar-refractivity contribution in [3.8, 4) is 16.9 Å². The number of amides is 2. The number of anilines is 2. The van der Waals surface area contributed by atoms with Crippen LogP contribution in [0.5, 0.6) is 5.75 Å². The van der Waals surface area contributed by atoms with Gasteiger partial charge in [0.2, 0.25) is 0 Å². The van der Waals surface area contributed by atoms with E-state index >= 15 is 0 Å². The number of hydrogen-bond acceptors (Lipinski definition) is 7. The molecule has 1 aromatic heterocycles. The zero-order chi connectivity index (χ0) is 26.8. The zero-order valence-electron chi connectivity index (χ0n) is 21.9. The Labute approximate surface area is 221 Å². The van der Waals surface area contributed by atoms with Crippen LogP contribution in [0.4, 0.5) is 21.1 Å². The summed E-state index contributed by atoms with van der Waals surface area (Å²) < 4.78 is 11.2. The first-order valence-electron chi connectivity index (χ1n) is 13.3. The summed E-state index contributed by atoms with van der Waals surface area (Å²) in [6, 6.07) is 9.28. The second-order valence-electron chi connectivity index (χ2n) is 11.8. The molecule has 3 fully saturated rings. The maximum atomic E-state index is 12.4. The summed E-state index contributed by atoms with van der Waals surface area (Å²) in [4.78, 5) is 34.8. The summed E-state index contributed by atoms with van der Waals surface area (Å²) in [5, 5.41) is 19.6. The number of aliphatic hydroxyl groups excluding tert-OH is 1. The molecule has 38 heavy (non-hydrogen) atoms. The van der Waals surface area contributed by atoms with Gasteiger partial charge in [0, 0.05) is 30.9 Å². The molecule has 6 rings (SSSR count). The number of carboxylic acid groups (broad SMARTS) is 1. The van der Waals surface area contributed by atoms with E-state index in [2.05, 4.69) is 25.7 Å². The van der Waals surface area contributed by atoms with Gasteiger partial charge >= 0.3 is 12.2 Å². The van der Waals surface area contributed by atoms with Crippen LogP contribution < -0.4 is 14.5 Å². The van der Waals surface area contributed by atoms with Crippen molar-refractivity contribution < 1.29 is 29.3 Å². The molecule has 4 aliphatic rings. The van der Waals surface area contributed by atoms with E-state index in [0.717, 1.165) is 36.3 Å². The molecule has 1 unspecified atom stereocenters. The number of nitrogens with zero attached hydrogens (tertiary/aromatic N) is 4. The minimum Gasteiger partial charge on any atom is -0.489 e. The number of benzene rings is 1. The van der Waals surface area contributed by atoms with Crippen molar-refractivity contribution >= 4 is 23.7 Å². The second-order valence-corrected chi connectivity index (χ2v) is 11.8. The molecule has 10 nitrogen and oxygen atoms in total. The third-order valence-corrected chi connectivity index (χ3v) is 8.55. The monoisotopic (exact) mass is 522 g/mol. The van der Waals surface area contributed by atoms with Crippen LogP contribution >= 0.6 is 0 Å². The number of rotatable bonds is 3. The fourth-order valence-electron chi connectivity index (χ4n) is 6.62. The summed E-state index contributed by atoms with van der Waals surface area (Å²) in [6.45, 7) is 7.81. The molecule has 0 aliphatic carbocycles. The third kappa shape index (κ3) is 4.02. The van der Waals surface area contributed by atoms with Crippen LogP contribution in [0, 0.1) is 11.3 Å². The van der Waals surface area contributed by atoms with E-state index in [9.17, 15) is 19.8 Å². The number of aliphatic hydroxyl groups is 1. The number of carbonyl (C=O) groups excluding carboxylic acids is 1. The van der Waals surface area contributed by atoms with Gasteiger partial charge in [-0.3, -0.25) is 9.80 Å². The van der Waals surface area contributed by atoms with Crippen LogP contribution in [0.25, 0.3) is 11.1 Å². The summed E-state index contributed by atoms with van der Waals surface area (Å²) >= 11 is 0. The van der Waals surface area contributed by atoms with Gasteiger partial charge in [0.1, 0.15) is 24.2 Å². The Hall–Kier alpha value is -3.53. The molecule has 3 saturated heterocycles. The van der Waals surface area contributed by atoms with E-state index in [4.69, 9.17) is 14.5 Å². The second kappa shape index (κ2) is 9.04. The van der Waals surface area contributed by atoms with Crippen molar-refractivity contribution in [3.05, 3.63) is 36.5 Å². The molecule has 0 saturated carbocycles. The molecule has 0 spiro atoms. The van der Waals surface area contributed by atoms with E-state index in [0.29, 0.717) is 23.9 Å². The van der Waals surface area contributed by atoms with Gasteiger partial charge in [0.05, 0.1) is 18.3 Å². The first-order chi connectivity index (χ1) is 18.2. The first-order valence-corrected chi connectivity index (χ1v) is 13.3. The molecular formula is C28H34N4O6. The van der Waals surface area contributed by atoms with E-state index in [-0.39, 0.29) is 36.8 Å².